The number of nitrogens with zero attached hydrogens (tertiary/aromatic N) is 7. The number of rotatable bonds is 7. The molecule has 3 N–H and O–H groups in total. The van der Waals surface area contributed by atoms with Gasteiger partial charge in [0.25, 0.3) is 0 Å². The highest BCUT2D eigenvalue weighted by Crippen LogP contribution is 2.30. The maximum absolute atomic E-state index is 10.2. The molecule has 10 nitrogen and oxygen atoms in total. The standard InChI is InChI=1S/C27H36N8O2/c1-18(37)23-13-20-14-28-27(32-25(20)26(30-23)34-8-3-2-4-9-34)31-24-6-5-19-15-35(10-7-22(19)29-24)21-16-33(17-21)11-12-36/h5-6,13-14,18,21,36-37H,2-4,7-12,15-17H2,1H3,(H,28,29,31,32)/t18-/m1/s1. The van der Waals surface area contributed by atoms with E-state index in [0.717, 1.165) is 93.3 Å². The minimum absolute atomic E-state index is 0.231. The van der Waals surface area contributed by atoms with Crippen molar-refractivity contribution in [1.82, 2.24) is 29.7 Å². The summed E-state index contributed by atoms with van der Waals surface area (Å²) >= 11 is 0. The van der Waals surface area contributed by atoms with E-state index >= 15 is 0 Å². The molecule has 0 spiro atoms. The first-order valence-electron chi connectivity index (χ1n) is 13.5. The van der Waals surface area contributed by atoms with E-state index in [1.807, 2.05) is 12.1 Å². The second-order valence-corrected chi connectivity index (χ2v) is 10.5. The first-order chi connectivity index (χ1) is 18.1. The Kier molecular flexibility index (Phi) is 6.90. The van der Waals surface area contributed by atoms with Gasteiger partial charge >= 0.3 is 0 Å². The molecule has 3 aliphatic rings. The number of piperidine rings is 1. The molecule has 6 rings (SSSR count). The summed E-state index contributed by atoms with van der Waals surface area (Å²) in [6, 6.07) is 6.62. The lowest BCUT2D eigenvalue weighted by molar-refractivity contribution is 0.0165. The van der Waals surface area contributed by atoms with E-state index in [1.54, 1.807) is 13.1 Å². The molecule has 0 bridgehead atoms. The van der Waals surface area contributed by atoms with Gasteiger partial charge in [-0.15, -0.1) is 0 Å². The number of likely N-dealkylation sites (tertiary alicyclic amines) is 1. The number of β-amino-alcohol motifs (C(OH)–C–C–N with tert-alkyl or cyclic N) is 1. The number of pyridine rings is 2. The lowest BCUT2D eigenvalue weighted by Gasteiger charge is -2.46. The van der Waals surface area contributed by atoms with Crippen molar-refractivity contribution in [2.24, 2.45) is 0 Å². The zero-order chi connectivity index (χ0) is 25.4. The number of aliphatic hydroxyl groups is 2. The first kappa shape index (κ1) is 24.4. The fraction of sp³-hybridized carbons (Fsp3) is 0.556. The number of anilines is 3. The van der Waals surface area contributed by atoms with Gasteiger partial charge in [-0.2, -0.15) is 0 Å². The molecule has 3 aromatic heterocycles. The van der Waals surface area contributed by atoms with Crippen LogP contribution < -0.4 is 10.2 Å². The molecule has 10 heteroatoms. The van der Waals surface area contributed by atoms with Crippen LogP contribution in [-0.2, 0) is 13.0 Å². The van der Waals surface area contributed by atoms with Crippen molar-refractivity contribution in [2.45, 2.75) is 51.3 Å². The molecule has 0 amide bonds. The Morgan fingerprint density at radius 2 is 1.92 bits per heavy atom. The van der Waals surface area contributed by atoms with E-state index in [0.29, 0.717) is 17.7 Å². The predicted molar refractivity (Wildman–Crippen MR) is 143 cm³/mol. The molecule has 37 heavy (non-hydrogen) atoms. The quantitative estimate of drug-likeness (QED) is 0.443. The van der Waals surface area contributed by atoms with Crippen molar-refractivity contribution < 1.29 is 10.2 Å². The third kappa shape index (κ3) is 5.11. The van der Waals surface area contributed by atoms with Crippen LogP contribution in [0.1, 0.15) is 49.2 Å². The number of hydrogen-bond donors (Lipinski definition) is 3. The molecule has 2 saturated heterocycles. The van der Waals surface area contributed by atoms with Gasteiger partial charge in [-0.1, -0.05) is 6.07 Å². The Balaban J connectivity index is 1.20. The van der Waals surface area contributed by atoms with Crippen LogP contribution in [0.4, 0.5) is 17.6 Å². The summed E-state index contributed by atoms with van der Waals surface area (Å²) in [4.78, 5) is 26.2. The zero-order valence-electron chi connectivity index (χ0n) is 21.5. The second-order valence-electron chi connectivity index (χ2n) is 10.5. The highest BCUT2D eigenvalue weighted by atomic mass is 16.3. The van der Waals surface area contributed by atoms with Crippen LogP contribution in [-0.4, -0.2) is 91.9 Å². The highest BCUT2D eigenvalue weighted by Gasteiger charge is 2.33. The Bertz CT molecular complexity index is 1260. The van der Waals surface area contributed by atoms with Crippen LogP contribution in [0.15, 0.2) is 24.4 Å². The van der Waals surface area contributed by atoms with Gasteiger partial charge in [0.2, 0.25) is 5.95 Å². The van der Waals surface area contributed by atoms with Crippen molar-refractivity contribution in [2.75, 3.05) is 56.1 Å². The van der Waals surface area contributed by atoms with Crippen molar-refractivity contribution in [1.29, 1.82) is 0 Å². The van der Waals surface area contributed by atoms with E-state index in [4.69, 9.17) is 20.1 Å². The minimum Gasteiger partial charge on any atom is -0.395 e. The van der Waals surface area contributed by atoms with Crippen LogP contribution in [0.2, 0.25) is 0 Å². The number of aliphatic hydroxyl groups excluding tert-OH is 2. The molecule has 0 radical (unpaired) electrons. The Morgan fingerprint density at radius 1 is 1.08 bits per heavy atom. The van der Waals surface area contributed by atoms with Crippen LogP contribution in [0.5, 0.6) is 0 Å². The molecule has 3 aliphatic heterocycles. The third-order valence-electron chi connectivity index (χ3n) is 7.84. The maximum Gasteiger partial charge on any atom is 0.229 e. The maximum atomic E-state index is 10.2. The Hall–Kier alpha value is -2.92. The summed E-state index contributed by atoms with van der Waals surface area (Å²) in [7, 11) is 0. The first-order valence-corrected chi connectivity index (χ1v) is 13.5. The zero-order valence-corrected chi connectivity index (χ0v) is 21.5. The van der Waals surface area contributed by atoms with E-state index in [9.17, 15) is 5.11 Å². The van der Waals surface area contributed by atoms with Crippen LogP contribution in [0.25, 0.3) is 10.9 Å². The predicted octanol–water partition coefficient (Wildman–Crippen LogP) is 2.24. The number of nitrogens with one attached hydrogen (secondary N) is 1. The van der Waals surface area contributed by atoms with Gasteiger partial charge in [0.1, 0.15) is 11.3 Å². The minimum atomic E-state index is -0.648. The van der Waals surface area contributed by atoms with Crippen LogP contribution >= 0.6 is 0 Å². The summed E-state index contributed by atoms with van der Waals surface area (Å²) in [6.45, 7) is 8.63. The Labute approximate surface area is 217 Å². The molecule has 6 heterocycles. The number of hydrogen-bond acceptors (Lipinski definition) is 10. The molecule has 3 aromatic rings. The molecule has 2 fully saturated rings. The SMILES string of the molecule is C[C@@H](O)c1cc2cnc(Nc3ccc4c(n3)CCN(C3CN(CCO)C3)C4)nc2c(N2CCCCC2)n1. The van der Waals surface area contributed by atoms with Gasteiger partial charge in [-0.05, 0) is 43.9 Å². The molecule has 0 saturated carbocycles. The molecular weight excluding hydrogens is 468 g/mol. The highest BCUT2D eigenvalue weighted by molar-refractivity contribution is 5.89. The number of fused-ring (bicyclic) bond motifs is 2. The van der Waals surface area contributed by atoms with Crippen LogP contribution in [0.3, 0.4) is 0 Å². The summed E-state index contributed by atoms with van der Waals surface area (Å²) in [5.41, 5.74) is 3.85. The van der Waals surface area contributed by atoms with Gasteiger partial charge in [0.05, 0.1) is 18.4 Å². The van der Waals surface area contributed by atoms with Crippen molar-refractivity contribution in [3.63, 3.8) is 0 Å². The van der Waals surface area contributed by atoms with E-state index in [-0.39, 0.29) is 6.61 Å². The van der Waals surface area contributed by atoms with E-state index < -0.39 is 6.10 Å². The van der Waals surface area contributed by atoms with Gasteiger partial charge in [0, 0.05) is 75.6 Å². The average Bonchev–Trinajstić information content (AvgIpc) is 2.90. The summed E-state index contributed by atoms with van der Waals surface area (Å²) in [5, 5.41) is 23.5. The third-order valence-corrected chi connectivity index (χ3v) is 7.84. The topological polar surface area (TPSA) is 114 Å². The van der Waals surface area contributed by atoms with E-state index in [1.165, 1.54) is 12.0 Å². The van der Waals surface area contributed by atoms with Gasteiger partial charge in [0.15, 0.2) is 5.82 Å². The summed E-state index contributed by atoms with van der Waals surface area (Å²) in [6.07, 6.45) is 5.58. The smallest absolute Gasteiger partial charge is 0.229 e. The van der Waals surface area contributed by atoms with Crippen molar-refractivity contribution >= 4 is 28.5 Å². The number of aromatic nitrogens is 4. The average molecular weight is 505 g/mol. The molecule has 0 unspecified atom stereocenters. The molecule has 196 valence electrons. The fourth-order valence-corrected chi connectivity index (χ4v) is 5.67. The lowest BCUT2D eigenvalue weighted by Crippen LogP contribution is -2.60. The second kappa shape index (κ2) is 10.4. The van der Waals surface area contributed by atoms with Gasteiger partial charge < -0.3 is 20.4 Å². The lowest BCUT2D eigenvalue weighted by atomic mass is 10.00. The van der Waals surface area contributed by atoms with Crippen molar-refractivity contribution in [3.05, 3.63) is 41.3 Å². The largest absolute Gasteiger partial charge is 0.395 e. The normalized spacial score (nSPS) is 20.0. The fourth-order valence-electron chi connectivity index (χ4n) is 5.67. The summed E-state index contributed by atoms with van der Waals surface area (Å²) < 4.78 is 0. The molecule has 1 atom stereocenters. The monoisotopic (exact) mass is 504 g/mol. The summed E-state index contributed by atoms with van der Waals surface area (Å²) in [5.74, 6) is 2.07. The van der Waals surface area contributed by atoms with Crippen molar-refractivity contribution in [3.8, 4) is 0 Å². The van der Waals surface area contributed by atoms with E-state index in [2.05, 4.69) is 31.1 Å². The molecule has 0 aromatic carbocycles. The van der Waals surface area contributed by atoms with Crippen LogP contribution in [0, 0.1) is 0 Å². The Morgan fingerprint density at radius 3 is 2.70 bits per heavy atom. The van der Waals surface area contributed by atoms with Gasteiger partial charge in [-0.3, -0.25) is 9.80 Å². The molecular formula is C27H36N8O2. The van der Waals surface area contributed by atoms with Gasteiger partial charge in [-0.25, -0.2) is 19.9 Å². The molecule has 0 aliphatic carbocycles.